The van der Waals surface area contributed by atoms with Crippen molar-refractivity contribution in [1.82, 2.24) is 25.0 Å². The zero-order valence-corrected chi connectivity index (χ0v) is 16.6. The first kappa shape index (κ1) is 18.4. The number of hydrogen-bond donors (Lipinski definition) is 1. The van der Waals surface area contributed by atoms with E-state index in [0.29, 0.717) is 12.2 Å². The molecule has 2 fully saturated rings. The van der Waals surface area contributed by atoms with Gasteiger partial charge in [0.1, 0.15) is 5.69 Å². The van der Waals surface area contributed by atoms with Gasteiger partial charge in [0.25, 0.3) is 5.91 Å². The molecule has 7 nitrogen and oxygen atoms in total. The highest BCUT2D eigenvalue weighted by molar-refractivity contribution is 7.17. The monoisotopic (exact) mass is 388 g/mol. The van der Waals surface area contributed by atoms with E-state index in [1.165, 1.54) is 45.2 Å². The summed E-state index contributed by atoms with van der Waals surface area (Å²) in [5, 5.41) is 13.4. The number of carbonyl (C=O) groups excluding carboxylic acids is 1. The van der Waals surface area contributed by atoms with Crippen molar-refractivity contribution in [3.05, 3.63) is 24.0 Å². The lowest BCUT2D eigenvalue weighted by Crippen LogP contribution is -2.29. The highest BCUT2D eigenvalue weighted by atomic mass is 32.1. The van der Waals surface area contributed by atoms with Crippen molar-refractivity contribution in [2.24, 2.45) is 0 Å². The number of nitrogens with zero attached hydrogens (tertiary/aromatic N) is 5. The Balaban J connectivity index is 1.34. The van der Waals surface area contributed by atoms with E-state index < -0.39 is 0 Å². The molecule has 1 amide bonds. The number of anilines is 1. The topological polar surface area (TPSA) is 66.3 Å². The Labute approximate surface area is 164 Å². The van der Waals surface area contributed by atoms with Crippen molar-refractivity contribution in [3.8, 4) is 5.13 Å². The average molecular weight is 389 g/mol. The molecule has 146 valence electrons. The van der Waals surface area contributed by atoms with Crippen LogP contribution < -0.4 is 10.2 Å². The maximum atomic E-state index is 12.6. The molecule has 0 radical (unpaired) electrons. The summed E-state index contributed by atoms with van der Waals surface area (Å²) < 4.78 is 1.85. The number of rotatable bonds is 7. The minimum Gasteiger partial charge on any atom is -0.351 e. The Kier molecular flexibility index (Phi) is 6.03. The standard InChI is InChI=1S/C19H28N6OS/c26-17(20-9-7-12-23-10-4-5-11-23)16-8-6-15-25(16)19-22-21-18(27-19)24-13-2-1-3-14-24/h6,8,15H,1-5,7,9-14H2,(H,20,26). The zero-order chi connectivity index (χ0) is 18.5. The maximum absolute atomic E-state index is 12.6. The first-order chi connectivity index (χ1) is 13.3. The molecule has 0 spiro atoms. The second-order valence-corrected chi connectivity index (χ2v) is 8.27. The molecular formula is C19H28N6OS. The summed E-state index contributed by atoms with van der Waals surface area (Å²) in [6.45, 7) is 6.27. The predicted molar refractivity (Wildman–Crippen MR) is 108 cm³/mol. The molecule has 2 aromatic rings. The van der Waals surface area contributed by atoms with Gasteiger partial charge >= 0.3 is 0 Å². The van der Waals surface area contributed by atoms with Gasteiger partial charge in [-0.15, -0.1) is 10.2 Å². The summed E-state index contributed by atoms with van der Waals surface area (Å²) in [7, 11) is 0. The van der Waals surface area contributed by atoms with E-state index in [4.69, 9.17) is 0 Å². The zero-order valence-electron chi connectivity index (χ0n) is 15.8. The van der Waals surface area contributed by atoms with Crippen molar-refractivity contribution in [3.63, 3.8) is 0 Å². The number of nitrogens with one attached hydrogen (secondary N) is 1. The van der Waals surface area contributed by atoms with Crippen LogP contribution in [0.25, 0.3) is 5.13 Å². The van der Waals surface area contributed by atoms with Gasteiger partial charge in [-0.3, -0.25) is 9.36 Å². The fraction of sp³-hybridized carbons (Fsp3) is 0.632. The average Bonchev–Trinajstić information content (AvgIpc) is 3.47. The van der Waals surface area contributed by atoms with E-state index in [2.05, 4.69) is 25.3 Å². The van der Waals surface area contributed by atoms with Crippen molar-refractivity contribution in [1.29, 1.82) is 0 Å². The van der Waals surface area contributed by atoms with Crippen LogP contribution in [-0.4, -0.2) is 64.8 Å². The number of carbonyl (C=O) groups is 1. The van der Waals surface area contributed by atoms with Crippen LogP contribution >= 0.6 is 11.3 Å². The molecule has 1 N–H and O–H groups in total. The summed E-state index contributed by atoms with van der Waals surface area (Å²) in [5.41, 5.74) is 0.623. The Hall–Kier alpha value is -1.93. The van der Waals surface area contributed by atoms with Gasteiger partial charge in [-0.2, -0.15) is 0 Å². The maximum Gasteiger partial charge on any atom is 0.268 e. The van der Waals surface area contributed by atoms with E-state index in [1.54, 1.807) is 11.3 Å². The molecule has 2 aliphatic rings. The molecule has 0 aromatic carbocycles. The fourth-order valence-corrected chi connectivity index (χ4v) is 4.75. The Morgan fingerprint density at radius 2 is 1.78 bits per heavy atom. The highest BCUT2D eigenvalue weighted by Crippen LogP contribution is 2.26. The summed E-state index contributed by atoms with van der Waals surface area (Å²) >= 11 is 1.55. The van der Waals surface area contributed by atoms with Crippen molar-refractivity contribution < 1.29 is 4.79 Å². The third-order valence-corrected chi connectivity index (χ3v) is 6.34. The van der Waals surface area contributed by atoms with Crippen LogP contribution in [0.4, 0.5) is 5.13 Å². The van der Waals surface area contributed by atoms with Crippen molar-refractivity contribution in [2.75, 3.05) is 44.2 Å². The number of amides is 1. The number of likely N-dealkylation sites (tertiary alicyclic amines) is 1. The van der Waals surface area contributed by atoms with Crippen LogP contribution in [0, 0.1) is 0 Å². The highest BCUT2D eigenvalue weighted by Gasteiger charge is 2.19. The molecule has 2 saturated heterocycles. The largest absolute Gasteiger partial charge is 0.351 e. The summed E-state index contributed by atoms with van der Waals surface area (Å²) in [6.07, 6.45) is 9.21. The van der Waals surface area contributed by atoms with Gasteiger partial charge in [-0.05, 0) is 70.3 Å². The smallest absolute Gasteiger partial charge is 0.268 e. The molecular weight excluding hydrogens is 360 g/mol. The predicted octanol–water partition coefficient (Wildman–Crippen LogP) is 2.53. The molecule has 0 bridgehead atoms. The second-order valence-electron chi connectivity index (χ2n) is 7.34. The third kappa shape index (κ3) is 4.50. The summed E-state index contributed by atoms with van der Waals surface area (Å²) in [4.78, 5) is 17.4. The molecule has 27 heavy (non-hydrogen) atoms. The summed E-state index contributed by atoms with van der Waals surface area (Å²) in [5.74, 6) is -0.0452. The minimum absolute atomic E-state index is 0.0452. The molecule has 2 aliphatic heterocycles. The first-order valence-electron chi connectivity index (χ1n) is 10.1. The second kappa shape index (κ2) is 8.84. The lowest BCUT2D eigenvalue weighted by Gasteiger charge is -2.25. The van der Waals surface area contributed by atoms with Gasteiger partial charge < -0.3 is 15.1 Å². The summed E-state index contributed by atoms with van der Waals surface area (Å²) in [6, 6.07) is 3.74. The fourth-order valence-electron chi connectivity index (χ4n) is 3.85. The molecule has 0 aliphatic carbocycles. The lowest BCUT2D eigenvalue weighted by molar-refractivity contribution is 0.0945. The Bertz CT molecular complexity index is 745. The van der Waals surface area contributed by atoms with Crippen LogP contribution in [0.3, 0.4) is 0 Å². The van der Waals surface area contributed by atoms with Crippen LogP contribution in [0.15, 0.2) is 18.3 Å². The van der Waals surface area contributed by atoms with Gasteiger partial charge in [0.05, 0.1) is 0 Å². The van der Waals surface area contributed by atoms with Crippen LogP contribution in [0.5, 0.6) is 0 Å². The number of aromatic nitrogens is 3. The SMILES string of the molecule is O=C(NCCCN1CCCC1)c1cccn1-c1nnc(N2CCCCC2)s1. The molecule has 0 saturated carbocycles. The molecule has 4 rings (SSSR count). The van der Waals surface area contributed by atoms with E-state index in [9.17, 15) is 4.79 Å². The molecule has 8 heteroatoms. The Morgan fingerprint density at radius 1 is 1.04 bits per heavy atom. The van der Waals surface area contributed by atoms with E-state index in [0.717, 1.165) is 36.3 Å². The van der Waals surface area contributed by atoms with Crippen molar-refractivity contribution in [2.45, 2.75) is 38.5 Å². The van der Waals surface area contributed by atoms with Crippen LogP contribution in [0.1, 0.15) is 49.0 Å². The lowest BCUT2D eigenvalue weighted by atomic mass is 10.1. The minimum atomic E-state index is -0.0452. The van der Waals surface area contributed by atoms with Gasteiger partial charge in [-0.1, -0.05) is 11.3 Å². The molecule has 2 aromatic heterocycles. The Morgan fingerprint density at radius 3 is 2.59 bits per heavy atom. The number of hydrogen-bond acceptors (Lipinski definition) is 6. The van der Waals surface area contributed by atoms with E-state index in [1.807, 2.05) is 22.9 Å². The van der Waals surface area contributed by atoms with Crippen LogP contribution in [0.2, 0.25) is 0 Å². The van der Waals surface area contributed by atoms with E-state index in [-0.39, 0.29) is 5.91 Å². The molecule has 4 heterocycles. The number of piperidine rings is 1. The van der Waals surface area contributed by atoms with Gasteiger partial charge in [0.15, 0.2) is 0 Å². The molecule has 0 atom stereocenters. The van der Waals surface area contributed by atoms with Crippen LogP contribution in [-0.2, 0) is 0 Å². The first-order valence-corrected chi connectivity index (χ1v) is 10.9. The van der Waals surface area contributed by atoms with E-state index >= 15 is 0 Å². The quantitative estimate of drug-likeness (QED) is 0.739. The molecule has 0 unspecified atom stereocenters. The van der Waals surface area contributed by atoms with Gasteiger partial charge in [0, 0.05) is 25.8 Å². The normalized spacial score (nSPS) is 18.1. The third-order valence-electron chi connectivity index (χ3n) is 5.35. The van der Waals surface area contributed by atoms with Gasteiger partial charge in [0.2, 0.25) is 10.3 Å². The van der Waals surface area contributed by atoms with Crippen molar-refractivity contribution >= 4 is 22.4 Å². The van der Waals surface area contributed by atoms with Gasteiger partial charge in [-0.25, -0.2) is 0 Å².